The molecular weight excluding hydrogens is 1500 g/mol. The molecule has 582 valence electrons. The van der Waals surface area contributed by atoms with Crippen LogP contribution < -0.4 is 68.5 Å². The summed E-state index contributed by atoms with van der Waals surface area (Å²) < 4.78 is 39.4. The molecule has 7 aliphatic rings. The van der Waals surface area contributed by atoms with Gasteiger partial charge in [-0.2, -0.15) is 0 Å². The summed E-state index contributed by atoms with van der Waals surface area (Å²) in [6, 6.07) is -0.770. The normalized spacial score (nSPS) is 28.1. The first-order chi connectivity index (χ1) is 51.5. The van der Waals surface area contributed by atoms with Crippen molar-refractivity contribution in [1.29, 1.82) is 0 Å². The molecule has 21 N–H and O–H groups in total. The summed E-state index contributed by atoms with van der Waals surface area (Å²) in [5, 5.41) is 129. The van der Waals surface area contributed by atoms with Crippen LogP contribution in [0.4, 0.5) is 0 Å². The molecular formula is C70H78Cl2N12O24S. The van der Waals surface area contributed by atoms with E-state index in [0.717, 1.165) is 78.5 Å². The van der Waals surface area contributed by atoms with Crippen LogP contribution in [-0.2, 0) is 52.6 Å². The Bertz CT molecular complexity index is 4640. The number of nitrogens with two attached hydrogens (primary N) is 2. The number of ether oxygens (including phenoxy) is 6. The van der Waals surface area contributed by atoms with E-state index in [4.69, 9.17) is 63.1 Å². The molecule has 7 amide bonds. The van der Waals surface area contributed by atoms with Crippen molar-refractivity contribution in [3.05, 3.63) is 133 Å². The fourth-order valence-electron chi connectivity index (χ4n) is 13.1. The average molecular weight is 1570 g/mol. The first-order valence-corrected chi connectivity index (χ1v) is 35.6. The maximum atomic E-state index is 16.2. The number of nitrogens with zero attached hydrogens (tertiary/aromatic N) is 2. The lowest BCUT2D eigenvalue weighted by Gasteiger charge is -2.47. The molecule has 1 aromatic heterocycles. The fourth-order valence-corrected chi connectivity index (χ4v) is 14.4. The number of primary amides is 1. The molecule has 0 aliphatic carbocycles. The molecule has 2 saturated heterocycles. The number of phenols is 3. The van der Waals surface area contributed by atoms with E-state index in [1.54, 1.807) is 0 Å². The van der Waals surface area contributed by atoms with Crippen LogP contribution in [-0.4, -0.2) is 200 Å². The lowest BCUT2D eigenvalue weighted by molar-refractivity contribution is -0.329. The highest BCUT2D eigenvalue weighted by Gasteiger charge is 2.52. The number of aromatic nitrogens is 3. The summed E-state index contributed by atoms with van der Waals surface area (Å²) in [6.07, 6.45) is -18.6. The largest absolute Gasteiger partial charge is 0.508 e. The number of carbonyl (C=O) groups is 8. The highest BCUT2D eigenvalue weighted by Crippen LogP contribution is 2.50. The summed E-state index contributed by atoms with van der Waals surface area (Å²) in [4.78, 5) is 133. The summed E-state index contributed by atoms with van der Waals surface area (Å²) in [5.41, 5.74) is 7.45. The number of thioether (sulfide) groups is 1. The van der Waals surface area contributed by atoms with Gasteiger partial charge in [-0.1, -0.05) is 67.0 Å². The number of rotatable bonds is 15. The topological polar surface area (TPSA) is 569 Å². The number of carboxylic acid groups (broad SMARTS) is 1. The Morgan fingerprint density at radius 1 is 0.734 bits per heavy atom. The number of aryl methyl sites for hydroxylation is 1. The van der Waals surface area contributed by atoms with Crippen molar-refractivity contribution >= 4 is 82.3 Å². The summed E-state index contributed by atoms with van der Waals surface area (Å²) in [7, 11) is 1.47. The van der Waals surface area contributed by atoms with Gasteiger partial charge < -0.3 is 123 Å². The van der Waals surface area contributed by atoms with Gasteiger partial charge in [-0.15, -0.1) is 10.2 Å². The summed E-state index contributed by atoms with van der Waals surface area (Å²) in [6.45, 7) is 8.04. The Kier molecular flexibility index (Phi) is 24.0. The fraction of sp³-hybridized carbons (Fsp3) is 0.414. The zero-order valence-corrected chi connectivity index (χ0v) is 60.9. The number of hydrogen-bond donors (Lipinski definition) is 19. The van der Waals surface area contributed by atoms with Crippen molar-refractivity contribution in [2.75, 3.05) is 12.8 Å². The van der Waals surface area contributed by atoms with E-state index >= 15 is 14.4 Å². The zero-order chi connectivity index (χ0) is 79.1. The number of amides is 7. The molecule has 109 heavy (non-hydrogen) atoms. The minimum Gasteiger partial charge on any atom is -0.508 e. The van der Waals surface area contributed by atoms with Gasteiger partial charge in [-0.05, 0) is 117 Å². The number of aliphatic hydroxyl groups is 5. The van der Waals surface area contributed by atoms with Crippen LogP contribution in [0.15, 0.2) is 88.8 Å². The van der Waals surface area contributed by atoms with Crippen LogP contribution in [0, 0.1) is 12.8 Å². The number of likely N-dealkylation sites (N-methyl/N-ethyl adjacent to an activating group) is 1. The molecule has 36 nitrogen and oxygen atoms in total. The molecule has 10 unspecified atom stereocenters. The Morgan fingerprint density at radius 2 is 1.36 bits per heavy atom. The van der Waals surface area contributed by atoms with Crippen molar-refractivity contribution in [3.63, 3.8) is 0 Å². The predicted octanol–water partition coefficient (Wildman–Crippen LogP) is 0.693. The van der Waals surface area contributed by atoms with Crippen LogP contribution in [0.25, 0.3) is 11.1 Å². The maximum absolute atomic E-state index is 16.2. The number of aromatic hydroxyl groups is 3. The van der Waals surface area contributed by atoms with Gasteiger partial charge in [-0.3, -0.25) is 43.3 Å². The van der Waals surface area contributed by atoms with E-state index in [0.29, 0.717) is 0 Å². The van der Waals surface area contributed by atoms with Crippen LogP contribution in [0.5, 0.6) is 46.0 Å². The van der Waals surface area contributed by atoms with Crippen molar-refractivity contribution < 1.29 is 113 Å². The van der Waals surface area contributed by atoms with Crippen molar-refractivity contribution in [2.24, 2.45) is 17.4 Å². The Hall–Kier alpha value is -10.00. The number of H-pyrrole nitrogens is 1. The third-order valence-electron chi connectivity index (χ3n) is 18.8. The summed E-state index contributed by atoms with van der Waals surface area (Å²) in [5.74, 6) is -16.5. The maximum Gasteiger partial charge on any atom is 0.330 e. The van der Waals surface area contributed by atoms with Gasteiger partial charge in [-0.25, -0.2) is 4.79 Å². The van der Waals surface area contributed by atoms with Gasteiger partial charge >= 0.3 is 5.97 Å². The van der Waals surface area contributed by atoms with Crippen LogP contribution >= 0.6 is 35.0 Å². The van der Waals surface area contributed by atoms with E-state index in [2.05, 4.69) is 52.4 Å². The second-order valence-corrected chi connectivity index (χ2v) is 29.2. The van der Waals surface area contributed by atoms with E-state index in [1.807, 2.05) is 13.8 Å². The van der Waals surface area contributed by atoms with Crippen LogP contribution in [0.2, 0.25) is 10.0 Å². The minimum atomic E-state index is -2.37. The third kappa shape index (κ3) is 17.4. The highest BCUT2D eigenvalue weighted by molar-refractivity contribution is 7.99. The van der Waals surface area contributed by atoms with Gasteiger partial charge in [0.2, 0.25) is 53.4 Å². The first kappa shape index (κ1) is 80.0. The highest BCUT2D eigenvalue weighted by atomic mass is 35.5. The standard InChI is InChI=1S/C70H78Cl2N12O24S/c1-24(2)13-36(75-6)61(95)80-51-53(89)28-8-11-40(34(71)15-28)104-42-17-30-18-43(57(42)108-68-58(107-46-22-70(5,74)59(93)26(4)103-46)56(92)55(91)44(106-68)23-109-69-82-60(94)25(3)83-84-69)105-41-12-9-29(16-35(41)72)54(90)52-66(100)79-50(67(101)102)33-19-31(85)20-39(87)47(33)32-14-27(7-10-38(32)86)48(63(97)81-52)78-64(98)49(30)77-62(96)37(21-45(73)88)76-65(51)99/h7-12,14-20,24,26,36-37,44,46,48-56,58-59,68,75,85-87,89-93H,13,21-23,74H2,1-6H3,(H2,73,88)(H,76,99)(H,77,96)(H,78,98)(H,79,100)(H,80,95)(H,81,97)(H,101,102)(H,82,84,94)/t26?,36-,37-,44?,46?,48?,49+,50+,51+,52-,53+,54+,55?,56?,58?,59?,68?,70?/m0/s1. The predicted molar refractivity (Wildman–Crippen MR) is 380 cm³/mol. The number of benzene rings is 5. The van der Waals surface area contributed by atoms with Gasteiger partial charge in [0.15, 0.2) is 35.1 Å². The average Bonchev–Trinajstić information content (AvgIpc) is 0.766. The first-order valence-electron chi connectivity index (χ1n) is 33.9. The summed E-state index contributed by atoms with van der Waals surface area (Å²) >= 11 is 15.1. The van der Waals surface area contributed by atoms with Gasteiger partial charge in [0.25, 0.3) is 5.56 Å². The lowest BCUT2D eigenvalue weighted by Crippen LogP contribution is -2.64. The van der Waals surface area contributed by atoms with E-state index < -0.39 is 236 Å². The Labute approximate surface area is 632 Å². The molecule has 0 spiro atoms. The van der Waals surface area contributed by atoms with Gasteiger partial charge in [0.05, 0.1) is 40.8 Å². The molecule has 39 heteroatoms. The molecule has 13 rings (SSSR count). The molecule has 18 atom stereocenters. The smallest absolute Gasteiger partial charge is 0.330 e. The third-order valence-corrected chi connectivity index (χ3v) is 20.4. The van der Waals surface area contributed by atoms with E-state index in [9.17, 15) is 74.7 Å². The number of hydrogen-bond acceptors (Lipinski definition) is 28. The van der Waals surface area contributed by atoms with Gasteiger partial charge in [0.1, 0.15) is 89.1 Å². The monoisotopic (exact) mass is 1570 g/mol. The molecule has 0 radical (unpaired) electrons. The SMILES string of the molecule is CN[C@@H](CC(C)C)C(=O)N[C@H]1C(=O)N[C@@H](CC(N)=O)C(=O)N[C@H]2C(=O)NC3C(=O)N[C@H](C(=O)N[C@@H](C(=O)O)c4cc(O)cc(O)c4-c4cc3ccc4O)[C@H](O)c3ccc(c(Cl)c3)Oc3cc2cc(c3OC2OC(CSc3nnc(C)c(=O)[nH]3)C(O)C(O)C2OC2CC(C)(N)C(O)C(C)O2)Oc2ccc(cc2Cl)[C@H]1O. The van der Waals surface area contributed by atoms with Crippen molar-refractivity contribution in [2.45, 2.75) is 168 Å². The molecule has 5 aromatic carbocycles. The molecule has 0 saturated carbocycles. The van der Waals surface area contributed by atoms with Crippen LogP contribution in [0.1, 0.15) is 111 Å². The number of aliphatic carboxylic acids is 1. The zero-order valence-electron chi connectivity index (χ0n) is 58.6. The molecule has 11 bridgehead atoms. The number of phenolic OH excluding ortho intramolecular Hbond substituents is 3. The van der Waals surface area contributed by atoms with Crippen molar-refractivity contribution in [1.82, 2.24) is 52.4 Å². The minimum absolute atomic E-state index is 0.0190. The molecule has 7 aliphatic heterocycles. The molecule has 2 fully saturated rings. The van der Waals surface area contributed by atoms with E-state index in [1.165, 1.54) is 40.0 Å². The quantitative estimate of drug-likeness (QED) is 0.0629. The Morgan fingerprint density at radius 3 is 1.96 bits per heavy atom. The van der Waals surface area contributed by atoms with Crippen molar-refractivity contribution in [3.8, 4) is 57.1 Å². The second kappa shape index (κ2) is 32.7. The van der Waals surface area contributed by atoms with Crippen LogP contribution in [0.3, 0.4) is 0 Å². The van der Waals surface area contributed by atoms with Gasteiger partial charge in [0, 0.05) is 40.5 Å². The Balaban J connectivity index is 1.16. The van der Waals surface area contributed by atoms with E-state index in [-0.39, 0.29) is 62.8 Å². The number of aliphatic hydroxyl groups excluding tert-OH is 5. The molecule has 8 heterocycles. The number of nitrogens with one attached hydrogen (secondary N) is 8. The number of carbonyl (C=O) groups excluding carboxylic acids is 7. The number of fused-ring (bicyclic) bond motifs is 15. The number of aromatic amines is 1. The number of halogens is 2. The number of carboxylic acids is 1. The lowest BCUT2D eigenvalue weighted by atomic mass is 9.86. The second-order valence-electron chi connectivity index (χ2n) is 27.4. The molecule has 6 aromatic rings.